The second kappa shape index (κ2) is 5.32. The second-order valence-electron chi connectivity index (χ2n) is 4.68. The molecule has 1 aliphatic heterocycles. The Morgan fingerprint density at radius 1 is 1.35 bits per heavy atom. The van der Waals surface area contributed by atoms with E-state index in [0.717, 1.165) is 6.42 Å². The SMILES string of the molecule is C.C[C@@]1(CCN)CC(=O)N1Cc1ccccc1. The molecule has 2 N–H and O–H groups in total. The lowest BCUT2D eigenvalue weighted by Gasteiger charge is -2.50. The summed E-state index contributed by atoms with van der Waals surface area (Å²) in [5, 5.41) is 0. The van der Waals surface area contributed by atoms with E-state index in [-0.39, 0.29) is 18.9 Å². The number of nitrogens with two attached hydrogens (primary N) is 1. The van der Waals surface area contributed by atoms with Gasteiger partial charge in [-0.2, -0.15) is 0 Å². The third-order valence-electron chi connectivity index (χ3n) is 3.35. The number of hydrogen-bond donors (Lipinski definition) is 1. The van der Waals surface area contributed by atoms with Crippen LogP contribution in [0.1, 0.15) is 32.8 Å². The maximum atomic E-state index is 11.6. The maximum absolute atomic E-state index is 11.6. The molecule has 3 nitrogen and oxygen atoms in total. The van der Waals surface area contributed by atoms with E-state index in [2.05, 4.69) is 19.1 Å². The predicted molar refractivity (Wildman–Crippen MR) is 70.4 cm³/mol. The van der Waals surface area contributed by atoms with Gasteiger partial charge >= 0.3 is 0 Å². The minimum atomic E-state index is -0.0261. The van der Waals surface area contributed by atoms with Crippen LogP contribution in [-0.4, -0.2) is 22.9 Å². The van der Waals surface area contributed by atoms with Crippen molar-refractivity contribution in [1.29, 1.82) is 0 Å². The van der Waals surface area contributed by atoms with Crippen molar-refractivity contribution in [1.82, 2.24) is 4.90 Å². The number of β-lactam (4-membered cyclic amide) rings is 1. The molecule has 1 amide bonds. The lowest BCUT2D eigenvalue weighted by atomic mass is 9.82. The van der Waals surface area contributed by atoms with E-state index >= 15 is 0 Å². The third kappa shape index (κ3) is 2.67. The van der Waals surface area contributed by atoms with Crippen molar-refractivity contribution in [3.63, 3.8) is 0 Å². The lowest BCUT2D eigenvalue weighted by Crippen LogP contribution is -2.61. The first-order valence-corrected chi connectivity index (χ1v) is 5.70. The minimum Gasteiger partial charge on any atom is -0.332 e. The zero-order valence-corrected chi connectivity index (χ0v) is 9.65. The van der Waals surface area contributed by atoms with E-state index in [1.54, 1.807) is 0 Å². The van der Waals surface area contributed by atoms with E-state index in [4.69, 9.17) is 5.73 Å². The highest BCUT2D eigenvalue weighted by atomic mass is 16.2. The molecule has 0 bridgehead atoms. The van der Waals surface area contributed by atoms with Crippen molar-refractivity contribution in [2.75, 3.05) is 6.54 Å². The fourth-order valence-corrected chi connectivity index (χ4v) is 2.31. The first-order valence-electron chi connectivity index (χ1n) is 5.70. The van der Waals surface area contributed by atoms with E-state index in [1.807, 2.05) is 23.1 Å². The Kier molecular flexibility index (Phi) is 4.29. The van der Waals surface area contributed by atoms with Crippen LogP contribution in [0.25, 0.3) is 0 Å². The van der Waals surface area contributed by atoms with Gasteiger partial charge in [0.1, 0.15) is 0 Å². The summed E-state index contributed by atoms with van der Waals surface area (Å²) in [6.45, 7) is 3.45. The fraction of sp³-hybridized carbons (Fsp3) is 0.500. The first-order chi connectivity index (χ1) is 7.65. The summed E-state index contributed by atoms with van der Waals surface area (Å²) >= 11 is 0. The Bertz CT molecular complexity index is 377. The number of rotatable bonds is 4. The molecule has 1 saturated heterocycles. The maximum Gasteiger partial charge on any atom is 0.225 e. The van der Waals surface area contributed by atoms with Gasteiger partial charge in [0.2, 0.25) is 5.91 Å². The van der Waals surface area contributed by atoms with E-state index in [0.29, 0.717) is 19.5 Å². The predicted octanol–water partition coefficient (Wildman–Crippen LogP) is 2.16. The zero-order chi connectivity index (χ0) is 11.6. The summed E-state index contributed by atoms with van der Waals surface area (Å²) in [6.07, 6.45) is 1.52. The molecule has 1 aliphatic rings. The first kappa shape index (κ1) is 13.7. The molecule has 1 heterocycles. The number of carbonyl (C=O) groups is 1. The van der Waals surface area contributed by atoms with Crippen LogP contribution < -0.4 is 5.73 Å². The van der Waals surface area contributed by atoms with Crippen molar-refractivity contribution in [3.8, 4) is 0 Å². The number of nitrogens with zero attached hydrogens (tertiary/aromatic N) is 1. The van der Waals surface area contributed by atoms with Gasteiger partial charge in [0.05, 0.1) is 5.54 Å². The third-order valence-corrected chi connectivity index (χ3v) is 3.35. The average molecular weight is 234 g/mol. The van der Waals surface area contributed by atoms with Gasteiger partial charge in [-0.15, -0.1) is 0 Å². The molecule has 1 atom stereocenters. The van der Waals surface area contributed by atoms with Gasteiger partial charge in [0.25, 0.3) is 0 Å². The van der Waals surface area contributed by atoms with Crippen LogP contribution >= 0.6 is 0 Å². The number of likely N-dealkylation sites (tertiary alicyclic amines) is 1. The number of carbonyl (C=O) groups excluding carboxylic acids is 1. The summed E-state index contributed by atoms with van der Waals surface area (Å²) in [5.74, 6) is 0.236. The Labute approximate surface area is 104 Å². The molecule has 0 radical (unpaired) electrons. The monoisotopic (exact) mass is 234 g/mol. The van der Waals surface area contributed by atoms with Gasteiger partial charge in [-0.1, -0.05) is 37.8 Å². The molecule has 94 valence electrons. The Hall–Kier alpha value is -1.35. The number of benzene rings is 1. The van der Waals surface area contributed by atoms with Gasteiger partial charge in [-0.05, 0) is 25.5 Å². The van der Waals surface area contributed by atoms with Crippen LogP contribution in [-0.2, 0) is 11.3 Å². The molecule has 1 aromatic rings. The normalized spacial score (nSPS) is 22.9. The quantitative estimate of drug-likeness (QED) is 0.811. The summed E-state index contributed by atoms with van der Waals surface area (Å²) in [6, 6.07) is 10.1. The van der Waals surface area contributed by atoms with Crippen LogP contribution in [0.3, 0.4) is 0 Å². The molecule has 0 spiro atoms. The number of hydrogen-bond acceptors (Lipinski definition) is 2. The van der Waals surface area contributed by atoms with Crippen LogP contribution in [0.5, 0.6) is 0 Å². The minimum absolute atomic E-state index is 0. The summed E-state index contributed by atoms with van der Waals surface area (Å²) in [7, 11) is 0. The molecule has 1 aromatic carbocycles. The fourth-order valence-electron chi connectivity index (χ4n) is 2.31. The molecule has 17 heavy (non-hydrogen) atoms. The zero-order valence-electron chi connectivity index (χ0n) is 9.65. The Morgan fingerprint density at radius 2 is 2.00 bits per heavy atom. The van der Waals surface area contributed by atoms with Gasteiger partial charge in [0, 0.05) is 13.0 Å². The average Bonchev–Trinajstić information content (AvgIpc) is 2.28. The summed E-state index contributed by atoms with van der Waals surface area (Å²) < 4.78 is 0. The van der Waals surface area contributed by atoms with Crippen LogP contribution in [0, 0.1) is 0 Å². The van der Waals surface area contributed by atoms with Gasteiger partial charge in [-0.3, -0.25) is 4.79 Å². The molecule has 0 aromatic heterocycles. The molecule has 2 rings (SSSR count). The van der Waals surface area contributed by atoms with Crippen molar-refractivity contribution in [2.24, 2.45) is 5.73 Å². The highest BCUT2D eigenvalue weighted by Crippen LogP contribution is 2.35. The molecule has 0 aliphatic carbocycles. The van der Waals surface area contributed by atoms with E-state index < -0.39 is 0 Å². The van der Waals surface area contributed by atoms with E-state index in [1.165, 1.54) is 5.56 Å². The van der Waals surface area contributed by atoms with Crippen LogP contribution in [0.15, 0.2) is 30.3 Å². The highest BCUT2D eigenvalue weighted by molar-refractivity contribution is 5.84. The van der Waals surface area contributed by atoms with Gasteiger partial charge < -0.3 is 10.6 Å². The molecule has 0 unspecified atom stereocenters. The molecule has 0 saturated carbocycles. The Balaban J connectivity index is 0.00000144. The molecule has 1 fully saturated rings. The van der Waals surface area contributed by atoms with Crippen molar-refractivity contribution in [3.05, 3.63) is 35.9 Å². The second-order valence-corrected chi connectivity index (χ2v) is 4.68. The topological polar surface area (TPSA) is 46.3 Å². The van der Waals surface area contributed by atoms with Gasteiger partial charge in [-0.25, -0.2) is 0 Å². The smallest absolute Gasteiger partial charge is 0.225 e. The Morgan fingerprint density at radius 3 is 2.53 bits per heavy atom. The molecular formula is C14H22N2O. The largest absolute Gasteiger partial charge is 0.332 e. The van der Waals surface area contributed by atoms with Crippen molar-refractivity contribution in [2.45, 2.75) is 39.3 Å². The van der Waals surface area contributed by atoms with Crippen LogP contribution in [0.2, 0.25) is 0 Å². The van der Waals surface area contributed by atoms with Crippen molar-refractivity contribution >= 4 is 5.91 Å². The van der Waals surface area contributed by atoms with E-state index in [9.17, 15) is 4.79 Å². The number of amides is 1. The van der Waals surface area contributed by atoms with Gasteiger partial charge in [0.15, 0.2) is 0 Å². The summed E-state index contributed by atoms with van der Waals surface area (Å²) in [4.78, 5) is 13.6. The molecular weight excluding hydrogens is 212 g/mol. The summed E-state index contributed by atoms with van der Waals surface area (Å²) in [5.41, 5.74) is 6.74. The van der Waals surface area contributed by atoms with Crippen LogP contribution in [0.4, 0.5) is 0 Å². The standard InChI is InChI=1S/C13H18N2O.CH4/c1-13(7-8-14)9-12(16)15(13)10-11-5-3-2-4-6-11;/h2-6H,7-10,14H2,1H3;1H4/t13-;/m1./s1. The molecule has 3 heteroatoms. The highest BCUT2D eigenvalue weighted by Gasteiger charge is 2.45. The van der Waals surface area contributed by atoms with Crippen molar-refractivity contribution < 1.29 is 4.79 Å². The lowest BCUT2D eigenvalue weighted by molar-refractivity contribution is -0.157.